The first-order valence-corrected chi connectivity index (χ1v) is 16.6. The van der Waals surface area contributed by atoms with Gasteiger partial charge in [0.25, 0.3) is 0 Å². The van der Waals surface area contributed by atoms with Crippen LogP contribution in [0.4, 0.5) is 0 Å². The third kappa shape index (κ3) is 13.7. The largest absolute Gasteiger partial charge is 4.00 e. The fourth-order valence-corrected chi connectivity index (χ4v) is 5.95. The summed E-state index contributed by atoms with van der Waals surface area (Å²) in [5.41, 5.74) is 12.6. The van der Waals surface area contributed by atoms with Crippen LogP contribution in [0.25, 0.3) is 21.5 Å². The number of aryl methyl sites for hydroxylation is 2. The van der Waals surface area contributed by atoms with Gasteiger partial charge in [-0.25, -0.2) is 0 Å². The van der Waals surface area contributed by atoms with Crippen LogP contribution in [0.3, 0.4) is 0 Å². The van der Waals surface area contributed by atoms with E-state index in [2.05, 4.69) is 147 Å². The molecule has 0 bridgehead atoms. The van der Waals surface area contributed by atoms with Crippen LogP contribution in [0, 0.1) is 13.8 Å². The van der Waals surface area contributed by atoms with Gasteiger partial charge >= 0.3 is 52.4 Å². The van der Waals surface area contributed by atoms with Crippen molar-refractivity contribution in [3.63, 3.8) is 0 Å². The Balaban J connectivity index is 0. The van der Waals surface area contributed by atoms with E-state index in [1.54, 1.807) is 0 Å². The number of benzene rings is 2. The first kappa shape index (κ1) is 47.6. The second-order valence-corrected chi connectivity index (χ2v) is 13.4. The van der Waals surface area contributed by atoms with Gasteiger partial charge < -0.3 is 49.6 Å². The van der Waals surface area contributed by atoms with Gasteiger partial charge in [-0.1, -0.05) is 44.7 Å². The van der Waals surface area contributed by atoms with E-state index >= 15 is 0 Å². The molecule has 0 saturated heterocycles. The van der Waals surface area contributed by atoms with E-state index in [4.69, 9.17) is 0 Å². The maximum atomic E-state index is 4.14. The predicted molar refractivity (Wildman–Crippen MR) is 183 cm³/mol. The van der Waals surface area contributed by atoms with E-state index in [-0.39, 0.29) is 110 Å². The van der Waals surface area contributed by atoms with Crippen LogP contribution >= 0.6 is 0 Å². The number of fused-ring (bicyclic) bond motifs is 4. The Hall–Kier alpha value is -1.55. The third-order valence-corrected chi connectivity index (χ3v) is 7.81. The molecule has 4 aromatic carbocycles. The summed E-state index contributed by atoms with van der Waals surface area (Å²) in [6, 6.07) is 25.7. The van der Waals surface area contributed by atoms with Gasteiger partial charge in [0.15, 0.2) is 0 Å². The summed E-state index contributed by atoms with van der Waals surface area (Å²) in [4.78, 5) is 8.22. The van der Waals surface area contributed by atoms with E-state index in [1.165, 1.54) is 60.5 Å². The smallest absolute Gasteiger partial charge is 1.00 e. The molecule has 236 valence electrons. The summed E-state index contributed by atoms with van der Waals surface area (Å²) in [7, 11) is -0.257. The molecule has 9 heteroatoms. The van der Waals surface area contributed by atoms with Gasteiger partial charge in [-0.3, -0.25) is 9.98 Å². The number of hydrogen-bond acceptors (Lipinski definition) is 2. The molecular weight excluding hydrogens is 837 g/mol. The Morgan fingerprint density at radius 1 is 0.660 bits per heavy atom. The summed E-state index contributed by atoms with van der Waals surface area (Å²) in [6.45, 7) is 10.9. The van der Waals surface area contributed by atoms with Crippen molar-refractivity contribution in [2.75, 3.05) is 0 Å². The van der Waals surface area contributed by atoms with Crippen molar-refractivity contribution in [2.45, 2.75) is 33.9 Å². The van der Waals surface area contributed by atoms with Crippen LogP contribution in [0.1, 0.15) is 18.1 Å². The maximum Gasteiger partial charge on any atom is 4.00 e. The fraction of sp³-hybridized carbons (Fsp3) is 0.132. The van der Waals surface area contributed by atoms with Crippen molar-refractivity contribution >= 4 is 48.1 Å². The van der Waals surface area contributed by atoms with Crippen LogP contribution in [-0.4, -0.2) is 26.5 Å². The Bertz CT molecular complexity index is 1760. The average Bonchev–Trinajstić information content (AvgIpc) is 3.74. The molecule has 8 rings (SSSR count). The van der Waals surface area contributed by atoms with Gasteiger partial charge in [0.1, 0.15) is 0 Å². The fourth-order valence-electron chi connectivity index (χ4n) is 5.12. The molecule has 47 heavy (non-hydrogen) atoms. The summed E-state index contributed by atoms with van der Waals surface area (Å²) in [6.07, 6.45) is 16.4. The zero-order valence-corrected chi connectivity index (χ0v) is 36.0. The van der Waals surface area contributed by atoms with Gasteiger partial charge in [0.2, 0.25) is 0 Å². The number of aliphatic imine (C=N–C) groups is 2. The maximum absolute atomic E-state index is 4.14. The molecule has 2 aliphatic carbocycles. The number of rotatable bonds is 1. The first-order chi connectivity index (χ1) is 19.8. The summed E-state index contributed by atoms with van der Waals surface area (Å²) in [5.74, 6) is 0. The van der Waals surface area contributed by atoms with Gasteiger partial charge in [-0.15, -0.1) is 81.2 Å². The molecule has 0 N–H and O–H groups in total. The minimum atomic E-state index is -0.257. The molecule has 2 nitrogen and oxygen atoms in total. The molecule has 4 aromatic rings. The van der Waals surface area contributed by atoms with E-state index in [1.807, 2.05) is 24.7 Å². The van der Waals surface area contributed by atoms with E-state index in [0.717, 1.165) is 5.70 Å². The molecule has 2 heterocycles. The third-order valence-electron chi connectivity index (χ3n) is 6.90. The van der Waals surface area contributed by atoms with Crippen LogP contribution in [0.15, 0.2) is 153 Å². The molecule has 0 spiro atoms. The van der Waals surface area contributed by atoms with Crippen molar-refractivity contribution in [3.8, 4) is 0 Å². The van der Waals surface area contributed by atoms with E-state index in [9.17, 15) is 0 Å². The Morgan fingerprint density at radius 2 is 1.21 bits per heavy atom. The molecule has 0 saturated carbocycles. The quantitative estimate of drug-likeness (QED) is 0.150. The molecule has 2 aliphatic heterocycles. The van der Waals surface area contributed by atoms with Crippen LogP contribution in [0.2, 0.25) is 13.1 Å². The van der Waals surface area contributed by atoms with Crippen molar-refractivity contribution in [1.29, 1.82) is 0 Å². The zero-order chi connectivity index (χ0) is 28.8. The van der Waals surface area contributed by atoms with Gasteiger partial charge in [-0.05, 0) is 48.5 Å². The van der Waals surface area contributed by atoms with Crippen LogP contribution in [0.5, 0.6) is 0 Å². The first-order valence-electron chi connectivity index (χ1n) is 14.0. The van der Waals surface area contributed by atoms with Crippen molar-refractivity contribution < 1.29 is 102 Å². The Morgan fingerprint density at radius 3 is 1.70 bits per heavy atom. The molecule has 0 aromatic heterocycles. The zero-order valence-electron chi connectivity index (χ0n) is 27.0. The minimum absolute atomic E-state index is 0. The normalized spacial score (nSPS) is 13.2. The second kappa shape index (κ2) is 23.0. The molecule has 0 unspecified atom stereocenters. The number of hydrogen-bond donors (Lipinski definition) is 0. The second-order valence-electron chi connectivity index (χ2n) is 11.0. The monoisotopic (exact) mass is 868 g/mol. The van der Waals surface area contributed by atoms with Gasteiger partial charge in [0.05, 0.1) is 5.70 Å². The van der Waals surface area contributed by atoms with Crippen molar-refractivity contribution in [3.05, 3.63) is 154 Å². The Kier molecular flexibility index (Phi) is 23.2. The van der Waals surface area contributed by atoms with E-state index < -0.39 is 0 Å². The topological polar surface area (TPSA) is 24.7 Å². The van der Waals surface area contributed by atoms with Gasteiger partial charge in [0, 0.05) is 43.8 Å². The molecule has 0 radical (unpaired) electrons. The number of halogens is 4. The summed E-state index contributed by atoms with van der Waals surface area (Å²) in [5, 5.41) is 5.39. The molecule has 0 fully saturated rings. The average molecular weight is 873 g/mol. The molecule has 0 amide bonds. The molecular formula is C38H36Cl4N2SiZr2+2. The van der Waals surface area contributed by atoms with Gasteiger partial charge in [-0.2, -0.15) is 12.1 Å². The van der Waals surface area contributed by atoms with Crippen LogP contribution in [-0.2, 0) is 52.4 Å². The number of nitrogens with zero attached hydrogens (tertiary/aromatic N) is 2. The van der Waals surface area contributed by atoms with Crippen LogP contribution < -0.4 is 49.6 Å². The molecule has 4 aliphatic rings. The van der Waals surface area contributed by atoms with E-state index in [0.29, 0.717) is 0 Å². The standard InChI is InChI=1S/C10H11NSi.2C10H9.C8H7N.4ClH.2Zr/c1-12(2)7-8-3-9-5-11-6-10(9)4-8;2*1-8-6-9-4-2-3-5-10(9)7-8;1-6-4-7-2-3-9-8(7)5-6;;;;;;/h3-7H,1-2H3;2*2-7H,1H3;2-5H,1H3;4*1H;;/q;2*-1;;;;;;2*+4/p-4. The predicted octanol–water partition coefficient (Wildman–Crippen LogP) is -2.45. The molecule has 0 atom stereocenters. The Labute approximate surface area is 344 Å². The number of allylic oxidation sites excluding steroid dienone is 9. The SMILES string of the molecule is CC1=CC2=CC=NC2=C1.C[Si](C)=CC1=CC2=CN=CC2=C1.Cc1cc2ccccc2[cH-]1.Cc1cc2ccccc2[cH-]1.[Cl-].[Cl-].[Cl-].[Cl-].[Zr+4].[Zr+4]. The van der Waals surface area contributed by atoms with Crippen molar-refractivity contribution in [1.82, 2.24) is 0 Å². The minimum Gasteiger partial charge on any atom is -1.00 e. The summed E-state index contributed by atoms with van der Waals surface area (Å²) >= 11 is 0. The van der Waals surface area contributed by atoms with Crippen molar-refractivity contribution in [2.24, 2.45) is 9.98 Å². The summed E-state index contributed by atoms with van der Waals surface area (Å²) < 4.78 is 0.